The summed E-state index contributed by atoms with van der Waals surface area (Å²) in [5.74, 6) is 0.433. The fraction of sp³-hybridized carbons (Fsp3) is 0.357. The van der Waals surface area contributed by atoms with Crippen molar-refractivity contribution in [2.45, 2.75) is 26.7 Å². The predicted molar refractivity (Wildman–Crippen MR) is 66.4 cm³/mol. The lowest BCUT2D eigenvalue weighted by molar-refractivity contribution is -0.114. The lowest BCUT2D eigenvalue weighted by Gasteiger charge is -2.05. The molecule has 84 valence electrons. The van der Waals surface area contributed by atoms with E-state index >= 15 is 0 Å². The Bertz CT molecular complexity index is 442. The van der Waals surface area contributed by atoms with Gasteiger partial charge in [0.2, 0.25) is 5.91 Å². The van der Waals surface area contributed by atoms with E-state index in [1.165, 1.54) is 18.1 Å². The molecule has 0 radical (unpaired) electrons. The molecule has 1 aromatic rings. The molecule has 2 rings (SSSR count). The summed E-state index contributed by atoms with van der Waals surface area (Å²) in [6.07, 6.45) is 0. The van der Waals surface area contributed by atoms with Crippen LogP contribution in [0.2, 0.25) is 0 Å². The summed E-state index contributed by atoms with van der Waals surface area (Å²) < 4.78 is 0. The van der Waals surface area contributed by atoms with Crippen molar-refractivity contribution in [1.82, 2.24) is 0 Å². The van der Waals surface area contributed by atoms with E-state index in [2.05, 4.69) is 37.9 Å². The molecule has 1 aliphatic carbocycles. The Morgan fingerprint density at radius 3 is 2.19 bits per heavy atom. The number of rotatable bonds is 2. The van der Waals surface area contributed by atoms with Gasteiger partial charge in [0.05, 0.1) is 0 Å². The van der Waals surface area contributed by atoms with E-state index in [4.69, 9.17) is 0 Å². The molecule has 2 nitrogen and oxygen atoms in total. The standard InChI is InChI=1S/C14H17NO/c1-9-13(14(9,3)4)11-5-7-12(8-6-11)15-10(2)16/h5-8,13H,1H2,2-4H3,(H,15,16). The molecule has 1 aromatic carbocycles. The lowest BCUT2D eigenvalue weighted by Crippen LogP contribution is -2.05. The molecule has 1 aliphatic rings. The van der Waals surface area contributed by atoms with Gasteiger partial charge in [-0.1, -0.05) is 38.1 Å². The van der Waals surface area contributed by atoms with Crippen molar-refractivity contribution < 1.29 is 4.79 Å². The van der Waals surface area contributed by atoms with Gasteiger partial charge in [0.25, 0.3) is 0 Å². The number of anilines is 1. The van der Waals surface area contributed by atoms with Gasteiger partial charge in [-0.2, -0.15) is 0 Å². The SMILES string of the molecule is C=C1C(c2ccc(NC(C)=O)cc2)C1(C)C. The highest BCUT2D eigenvalue weighted by atomic mass is 16.1. The number of benzene rings is 1. The van der Waals surface area contributed by atoms with Gasteiger partial charge in [0.15, 0.2) is 0 Å². The average Bonchev–Trinajstić information content (AvgIpc) is 2.67. The van der Waals surface area contributed by atoms with Crippen molar-refractivity contribution in [2.75, 3.05) is 5.32 Å². The fourth-order valence-electron chi connectivity index (χ4n) is 2.22. The Morgan fingerprint density at radius 2 is 1.81 bits per heavy atom. The highest BCUT2D eigenvalue weighted by Gasteiger charge is 2.51. The van der Waals surface area contributed by atoms with Crippen molar-refractivity contribution in [1.29, 1.82) is 0 Å². The van der Waals surface area contributed by atoms with Crippen LogP contribution < -0.4 is 5.32 Å². The van der Waals surface area contributed by atoms with Gasteiger partial charge < -0.3 is 5.32 Å². The van der Waals surface area contributed by atoms with Gasteiger partial charge in [-0.05, 0) is 23.1 Å². The van der Waals surface area contributed by atoms with Crippen molar-refractivity contribution in [3.63, 3.8) is 0 Å². The highest BCUT2D eigenvalue weighted by Crippen LogP contribution is 2.62. The van der Waals surface area contributed by atoms with Gasteiger partial charge >= 0.3 is 0 Å². The number of carbonyl (C=O) groups excluding carboxylic acids is 1. The smallest absolute Gasteiger partial charge is 0.221 e. The van der Waals surface area contributed by atoms with Crippen LogP contribution in [0.1, 0.15) is 32.3 Å². The molecular formula is C14H17NO. The first-order valence-corrected chi connectivity index (χ1v) is 5.50. The number of hydrogen-bond donors (Lipinski definition) is 1. The maximum Gasteiger partial charge on any atom is 0.221 e. The molecule has 2 heteroatoms. The van der Waals surface area contributed by atoms with E-state index in [0.717, 1.165) is 5.69 Å². The van der Waals surface area contributed by atoms with Gasteiger partial charge in [-0.25, -0.2) is 0 Å². The number of carbonyl (C=O) groups is 1. The number of hydrogen-bond acceptors (Lipinski definition) is 1. The van der Waals surface area contributed by atoms with Crippen molar-refractivity contribution in [3.05, 3.63) is 42.0 Å². The lowest BCUT2D eigenvalue weighted by atomic mass is 10.0. The zero-order valence-corrected chi connectivity index (χ0v) is 10.0. The van der Waals surface area contributed by atoms with E-state index in [1.807, 2.05) is 12.1 Å². The molecule has 0 aliphatic heterocycles. The zero-order valence-electron chi connectivity index (χ0n) is 10.0. The number of amides is 1. The molecule has 1 saturated carbocycles. The van der Waals surface area contributed by atoms with Crippen molar-refractivity contribution in [2.24, 2.45) is 5.41 Å². The Hall–Kier alpha value is -1.57. The van der Waals surface area contributed by atoms with E-state index in [-0.39, 0.29) is 11.3 Å². The van der Waals surface area contributed by atoms with Gasteiger partial charge in [-0.3, -0.25) is 4.79 Å². The summed E-state index contributed by atoms with van der Waals surface area (Å²) in [6, 6.07) is 8.02. The van der Waals surface area contributed by atoms with Crippen LogP contribution in [0.25, 0.3) is 0 Å². The monoisotopic (exact) mass is 215 g/mol. The zero-order chi connectivity index (χ0) is 11.9. The van der Waals surface area contributed by atoms with Gasteiger partial charge in [0.1, 0.15) is 0 Å². The summed E-state index contributed by atoms with van der Waals surface area (Å²) in [6.45, 7) is 10.0. The normalized spacial score (nSPS) is 21.7. The van der Waals surface area contributed by atoms with Crippen LogP contribution in [0.15, 0.2) is 36.4 Å². The molecule has 1 N–H and O–H groups in total. The van der Waals surface area contributed by atoms with Gasteiger partial charge in [0, 0.05) is 18.5 Å². The Labute approximate surface area is 96.4 Å². The van der Waals surface area contributed by atoms with Crippen LogP contribution in [0.5, 0.6) is 0 Å². The molecule has 0 spiro atoms. The first-order chi connectivity index (χ1) is 7.43. The first kappa shape index (κ1) is 10.9. The van der Waals surface area contributed by atoms with Crippen LogP contribution in [-0.2, 0) is 4.79 Å². The number of allylic oxidation sites excluding steroid dienone is 1. The largest absolute Gasteiger partial charge is 0.326 e. The second kappa shape index (κ2) is 3.48. The highest BCUT2D eigenvalue weighted by molar-refractivity contribution is 5.88. The first-order valence-electron chi connectivity index (χ1n) is 5.50. The minimum Gasteiger partial charge on any atom is -0.326 e. The van der Waals surface area contributed by atoms with Crippen LogP contribution in [0.4, 0.5) is 5.69 Å². The van der Waals surface area contributed by atoms with Gasteiger partial charge in [-0.15, -0.1) is 0 Å². The molecule has 0 heterocycles. The molecule has 1 amide bonds. The summed E-state index contributed by atoms with van der Waals surface area (Å²) in [5.41, 5.74) is 3.65. The van der Waals surface area contributed by atoms with Crippen LogP contribution >= 0.6 is 0 Å². The van der Waals surface area contributed by atoms with E-state index < -0.39 is 0 Å². The van der Waals surface area contributed by atoms with Crippen molar-refractivity contribution in [3.8, 4) is 0 Å². The summed E-state index contributed by atoms with van der Waals surface area (Å²) in [7, 11) is 0. The van der Waals surface area contributed by atoms with Crippen LogP contribution in [0, 0.1) is 5.41 Å². The molecular weight excluding hydrogens is 198 g/mol. The molecule has 1 unspecified atom stereocenters. The molecule has 1 fully saturated rings. The fourth-order valence-corrected chi connectivity index (χ4v) is 2.22. The van der Waals surface area contributed by atoms with E-state index in [0.29, 0.717) is 5.92 Å². The Morgan fingerprint density at radius 1 is 1.31 bits per heavy atom. The Balaban J connectivity index is 2.15. The average molecular weight is 215 g/mol. The molecule has 0 aromatic heterocycles. The van der Waals surface area contributed by atoms with Crippen LogP contribution in [0.3, 0.4) is 0 Å². The molecule has 0 bridgehead atoms. The quantitative estimate of drug-likeness (QED) is 0.753. The third kappa shape index (κ3) is 1.75. The maximum absolute atomic E-state index is 10.9. The number of nitrogens with one attached hydrogen (secondary N) is 1. The summed E-state index contributed by atoms with van der Waals surface area (Å²) >= 11 is 0. The van der Waals surface area contributed by atoms with Crippen molar-refractivity contribution >= 4 is 11.6 Å². The Kier molecular flexibility index (Phi) is 2.38. The van der Waals surface area contributed by atoms with Crippen LogP contribution in [-0.4, -0.2) is 5.91 Å². The molecule has 16 heavy (non-hydrogen) atoms. The summed E-state index contributed by atoms with van der Waals surface area (Å²) in [5, 5.41) is 2.76. The molecule has 1 atom stereocenters. The minimum atomic E-state index is -0.0380. The topological polar surface area (TPSA) is 29.1 Å². The second-order valence-electron chi connectivity index (χ2n) is 4.98. The second-order valence-corrected chi connectivity index (χ2v) is 4.98. The van der Waals surface area contributed by atoms with E-state index in [9.17, 15) is 4.79 Å². The third-order valence-electron chi connectivity index (χ3n) is 3.38. The van der Waals surface area contributed by atoms with E-state index in [1.54, 1.807) is 0 Å². The maximum atomic E-state index is 10.9. The minimum absolute atomic E-state index is 0.0380. The molecule has 0 saturated heterocycles. The summed E-state index contributed by atoms with van der Waals surface area (Å²) in [4.78, 5) is 10.9. The predicted octanol–water partition coefficient (Wildman–Crippen LogP) is 3.32. The third-order valence-corrected chi connectivity index (χ3v) is 3.38.